The Morgan fingerprint density at radius 3 is 2.16 bits per heavy atom. The highest BCUT2D eigenvalue weighted by Crippen LogP contribution is 2.41. The van der Waals surface area contributed by atoms with E-state index in [9.17, 15) is 26.4 Å². The molecule has 0 heterocycles. The molecule has 1 aliphatic carbocycles. The van der Waals surface area contributed by atoms with E-state index in [1.165, 1.54) is 30.3 Å². The number of carbonyl (C=O) groups is 1. The minimum atomic E-state index is -4.83. The van der Waals surface area contributed by atoms with Gasteiger partial charge < -0.3 is 4.90 Å². The van der Waals surface area contributed by atoms with Crippen LogP contribution in [0, 0.1) is 0 Å². The van der Waals surface area contributed by atoms with E-state index < -0.39 is 44.6 Å². The van der Waals surface area contributed by atoms with Gasteiger partial charge in [-0.05, 0) is 55.3 Å². The third-order valence-electron chi connectivity index (χ3n) is 5.25. The van der Waals surface area contributed by atoms with Gasteiger partial charge in [-0.15, -0.1) is 0 Å². The summed E-state index contributed by atoms with van der Waals surface area (Å²) in [5.74, 6) is -0.787. The third kappa shape index (κ3) is 5.34. The molecule has 0 aliphatic heterocycles. The fourth-order valence-electron chi connectivity index (χ4n) is 3.87. The molecule has 5 nitrogen and oxygen atoms in total. The predicted octanol–water partition coefficient (Wildman–Crippen LogP) is 5.26. The van der Waals surface area contributed by atoms with Crippen molar-refractivity contribution >= 4 is 44.8 Å². The molecule has 1 saturated carbocycles. The summed E-state index contributed by atoms with van der Waals surface area (Å²) in [7, 11) is -4.13. The molecule has 0 radical (unpaired) electrons. The Balaban J connectivity index is 2.23. The Hall–Kier alpha value is -1.81. The molecular weight excluding hydrogens is 476 g/mol. The van der Waals surface area contributed by atoms with Gasteiger partial charge in [0.15, 0.2) is 0 Å². The molecule has 0 spiro atoms. The normalized spacial score (nSPS) is 19.8. The van der Waals surface area contributed by atoms with Crippen LogP contribution in [-0.2, 0) is 16.2 Å². The second-order valence-electron chi connectivity index (χ2n) is 7.32. The summed E-state index contributed by atoms with van der Waals surface area (Å²) in [6.07, 6.45) is -3.43. The molecule has 2 aromatic carbocycles. The van der Waals surface area contributed by atoms with Crippen LogP contribution in [0.4, 0.5) is 18.9 Å². The standard InChI is InChI=1S/C20H19Cl2F3N2O3S/c21-13-7-5-12(6-8-13)19(28)27(17-3-1-2-4-18(17)31(26,29)30)16-10-9-14(22)11-15(16)20(23,24)25/h5-11,17-18H,1-4H2,(H2,26,29,30). The lowest BCUT2D eigenvalue weighted by Gasteiger charge is -2.40. The number of rotatable bonds is 4. The Morgan fingerprint density at radius 2 is 1.58 bits per heavy atom. The van der Waals surface area contributed by atoms with Gasteiger partial charge in [-0.2, -0.15) is 13.2 Å². The number of sulfonamides is 1. The lowest BCUT2D eigenvalue weighted by Crippen LogP contribution is -2.53. The highest BCUT2D eigenvalue weighted by atomic mass is 35.5. The molecule has 2 aromatic rings. The molecule has 0 aromatic heterocycles. The van der Waals surface area contributed by atoms with Crippen molar-refractivity contribution in [1.29, 1.82) is 0 Å². The Labute approximate surface area is 188 Å². The van der Waals surface area contributed by atoms with Crippen LogP contribution in [0.5, 0.6) is 0 Å². The minimum Gasteiger partial charge on any atom is -0.303 e. The topological polar surface area (TPSA) is 80.5 Å². The largest absolute Gasteiger partial charge is 0.418 e. The highest BCUT2D eigenvalue weighted by molar-refractivity contribution is 7.89. The summed E-state index contributed by atoms with van der Waals surface area (Å²) in [5, 5.41) is 4.37. The number of hydrogen-bond acceptors (Lipinski definition) is 3. The molecule has 3 rings (SSSR count). The van der Waals surface area contributed by atoms with E-state index in [0.717, 1.165) is 11.0 Å². The van der Waals surface area contributed by atoms with Crippen LogP contribution >= 0.6 is 23.2 Å². The summed E-state index contributed by atoms with van der Waals surface area (Å²) >= 11 is 11.7. The van der Waals surface area contributed by atoms with Crippen molar-refractivity contribution in [1.82, 2.24) is 0 Å². The maximum atomic E-state index is 13.8. The number of benzene rings is 2. The molecular formula is C20H19Cl2F3N2O3S. The van der Waals surface area contributed by atoms with Gasteiger partial charge in [0.25, 0.3) is 5.91 Å². The van der Waals surface area contributed by atoms with Gasteiger partial charge in [0.2, 0.25) is 10.0 Å². The molecule has 31 heavy (non-hydrogen) atoms. The van der Waals surface area contributed by atoms with Crippen LogP contribution < -0.4 is 10.0 Å². The number of amides is 1. The summed E-state index contributed by atoms with van der Waals surface area (Å²) in [6, 6.07) is 7.54. The summed E-state index contributed by atoms with van der Waals surface area (Å²) in [4.78, 5) is 14.3. The van der Waals surface area contributed by atoms with Crippen LogP contribution in [0.15, 0.2) is 42.5 Å². The molecule has 2 unspecified atom stereocenters. The zero-order valence-corrected chi connectivity index (χ0v) is 18.4. The molecule has 2 atom stereocenters. The number of hydrogen-bond donors (Lipinski definition) is 1. The SMILES string of the molecule is NS(=O)(=O)C1CCCCC1N(C(=O)c1ccc(Cl)cc1)c1ccc(Cl)cc1C(F)(F)F. The molecule has 1 amide bonds. The van der Waals surface area contributed by atoms with Crippen LogP contribution in [0.25, 0.3) is 0 Å². The number of carbonyl (C=O) groups excluding carboxylic acids is 1. The van der Waals surface area contributed by atoms with E-state index in [1.807, 2.05) is 0 Å². The van der Waals surface area contributed by atoms with E-state index in [2.05, 4.69) is 0 Å². The van der Waals surface area contributed by atoms with E-state index in [1.54, 1.807) is 0 Å². The average molecular weight is 495 g/mol. The van der Waals surface area contributed by atoms with Gasteiger partial charge >= 0.3 is 6.18 Å². The maximum Gasteiger partial charge on any atom is 0.418 e. The van der Waals surface area contributed by atoms with Crippen molar-refractivity contribution in [3.05, 3.63) is 63.6 Å². The molecule has 1 aliphatic rings. The van der Waals surface area contributed by atoms with E-state index in [-0.39, 0.29) is 23.4 Å². The van der Waals surface area contributed by atoms with Gasteiger partial charge in [0.05, 0.1) is 22.5 Å². The van der Waals surface area contributed by atoms with E-state index in [4.69, 9.17) is 28.3 Å². The smallest absolute Gasteiger partial charge is 0.303 e. The van der Waals surface area contributed by atoms with Crippen molar-refractivity contribution in [2.75, 3.05) is 4.90 Å². The van der Waals surface area contributed by atoms with Gasteiger partial charge in [0.1, 0.15) is 0 Å². The number of anilines is 1. The fourth-order valence-corrected chi connectivity index (χ4v) is 5.36. The first-order chi connectivity index (χ1) is 14.4. The maximum absolute atomic E-state index is 13.8. The summed E-state index contributed by atoms with van der Waals surface area (Å²) in [5.41, 5.74) is -1.55. The van der Waals surface area contributed by atoms with Crippen LogP contribution in [0.1, 0.15) is 41.6 Å². The number of nitrogens with zero attached hydrogens (tertiary/aromatic N) is 1. The fraction of sp³-hybridized carbons (Fsp3) is 0.350. The first kappa shape index (κ1) is 23.8. The second kappa shape index (κ2) is 8.97. The van der Waals surface area contributed by atoms with Gasteiger partial charge in [-0.3, -0.25) is 4.79 Å². The number of halogens is 5. The first-order valence-electron chi connectivity index (χ1n) is 9.37. The van der Waals surface area contributed by atoms with E-state index >= 15 is 0 Å². The summed E-state index contributed by atoms with van der Waals surface area (Å²) in [6.45, 7) is 0. The molecule has 2 N–H and O–H groups in total. The van der Waals surface area contributed by atoms with Crippen LogP contribution in [0.2, 0.25) is 10.0 Å². The average Bonchev–Trinajstić information content (AvgIpc) is 2.68. The second-order valence-corrected chi connectivity index (χ2v) is 9.98. The molecule has 1 fully saturated rings. The van der Waals surface area contributed by atoms with Crippen molar-refractivity contribution in [2.24, 2.45) is 5.14 Å². The first-order valence-corrected chi connectivity index (χ1v) is 11.7. The van der Waals surface area contributed by atoms with Gasteiger partial charge in [0, 0.05) is 15.6 Å². The van der Waals surface area contributed by atoms with Crippen molar-refractivity contribution in [3.8, 4) is 0 Å². The van der Waals surface area contributed by atoms with Crippen molar-refractivity contribution in [3.63, 3.8) is 0 Å². The van der Waals surface area contributed by atoms with Crippen molar-refractivity contribution in [2.45, 2.75) is 43.2 Å². The lowest BCUT2D eigenvalue weighted by atomic mass is 9.92. The summed E-state index contributed by atoms with van der Waals surface area (Å²) < 4.78 is 66.0. The number of nitrogens with two attached hydrogens (primary N) is 1. The predicted molar refractivity (Wildman–Crippen MR) is 114 cm³/mol. The molecule has 0 saturated heterocycles. The van der Waals surface area contributed by atoms with Gasteiger partial charge in [-0.1, -0.05) is 36.0 Å². The minimum absolute atomic E-state index is 0.0613. The zero-order chi connectivity index (χ0) is 23.0. The highest BCUT2D eigenvalue weighted by Gasteiger charge is 2.43. The molecule has 11 heteroatoms. The Morgan fingerprint density at radius 1 is 1.00 bits per heavy atom. The monoisotopic (exact) mass is 494 g/mol. The van der Waals surface area contributed by atoms with Crippen molar-refractivity contribution < 1.29 is 26.4 Å². The quantitative estimate of drug-likeness (QED) is 0.629. The molecule has 168 valence electrons. The number of alkyl halides is 3. The Kier molecular flexibility index (Phi) is 6.90. The van der Waals surface area contributed by atoms with Crippen LogP contribution in [-0.4, -0.2) is 25.6 Å². The Bertz CT molecular complexity index is 1080. The lowest BCUT2D eigenvalue weighted by molar-refractivity contribution is -0.137. The van der Waals surface area contributed by atoms with Gasteiger partial charge in [-0.25, -0.2) is 13.6 Å². The number of primary sulfonamides is 1. The third-order valence-corrected chi connectivity index (χ3v) is 7.14. The van der Waals surface area contributed by atoms with E-state index in [0.29, 0.717) is 23.9 Å². The molecule has 0 bridgehead atoms. The van der Waals surface area contributed by atoms with Crippen LogP contribution in [0.3, 0.4) is 0 Å². The zero-order valence-electron chi connectivity index (χ0n) is 16.1.